The largest absolute Gasteiger partial charge is 0.455 e. The fraction of sp³-hybridized carbons (Fsp3) is 0.333. The predicted molar refractivity (Wildman–Crippen MR) is 51.0 cm³/mol. The highest BCUT2D eigenvalue weighted by Crippen LogP contribution is 2.47. The summed E-state index contributed by atoms with van der Waals surface area (Å²) in [5.74, 6) is -4.98. The van der Waals surface area contributed by atoms with Gasteiger partial charge in [-0.05, 0) is 17.7 Å². The highest BCUT2D eigenvalue weighted by molar-refractivity contribution is 6.30. The molecule has 1 rings (SSSR count). The average Bonchev–Trinajstić information content (AvgIpc) is 2.16. The predicted octanol–water partition coefficient (Wildman–Crippen LogP) is 4.82. The molecule has 0 N–H and O–H groups in total. The molecule has 0 aromatic heterocycles. The summed E-state index contributed by atoms with van der Waals surface area (Å²) >= 11 is 10.6. The van der Waals surface area contributed by atoms with E-state index in [4.69, 9.17) is 23.2 Å². The van der Waals surface area contributed by atoms with E-state index in [9.17, 15) is 22.0 Å². The van der Waals surface area contributed by atoms with Gasteiger partial charge >= 0.3 is 12.1 Å². The Balaban J connectivity index is 3.02. The molecule has 0 nitrogen and oxygen atoms in total. The Morgan fingerprint density at radius 3 is 1.75 bits per heavy atom. The second kappa shape index (κ2) is 4.37. The summed E-state index contributed by atoms with van der Waals surface area (Å²) < 4.78 is 61.6. The van der Waals surface area contributed by atoms with Crippen molar-refractivity contribution in [3.63, 3.8) is 0 Å². The molecule has 7 heteroatoms. The SMILES string of the molecule is FC(F)(F)C(F)(F)C(Cl)c1ccc(Cl)cc1. The molecule has 1 unspecified atom stereocenters. The summed E-state index contributed by atoms with van der Waals surface area (Å²) in [5.41, 5.74) is -0.339. The molecule has 0 heterocycles. The summed E-state index contributed by atoms with van der Waals surface area (Å²) in [7, 11) is 0. The van der Waals surface area contributed by atoms with Gasteiger partial charge in [0, 0.05) is 5.02 Å². The van der Waals surface area contributed by atoms with Gasteiger partial charge in [0.15, 0.2) is 0 Å². The first-order valence-electron chi connectivity index (χ1n) is 4.00. The Kier molecular flexibility index (Phi) is 3.69. The van der Waals surface area contributed by atoms with Gasteiger partial charge < -0.3 is 0 Å². The lowest BCUT2D eigenvalue weighted by Crippen LogP contribution is -2.40. The maximum absolute atomic E-state index is 12.8. The van der Waals surface area contributed by atoms with Crippen LogP contribution in [-0.4, -0.2) is 12.1 Å². The molecule has 0 saturated carbocycles. The molecule has 0 aliphatic heterocycles. The van der Waals surface area contributed by atoms with Gasteiger partial charge in [-0.2, -0.15) is 22.0 Å². The van der Waals surface area contributed by atoms with Gasteiger partial charge in [0.25, 0.3) is 0 Å². The van der Waals surface area contributed by atoms with E-state index in [1.165, 1.54) is 12.1 Å². The minimum absolute atomic E-state index is 0.225. The van der Waals surface area contributed by atoms with Crippen LogP contribution in [0.3, 0.4) is 0 Å². The fourth-order valence-corrected chi connectivity index (χ4v) is 1.38. The van der Waals surface area contributed by atoms with E-state index < -0.39 is 17.5 Å². The van der Waals surface area contributed by atoms with Gasteiger partial charge in [-0.3, -0.25) is 0 Å². The van der Waals surface area contributed by atoms with Crippen molar-refractivity contribution in [2.24, 2.45) is 0 Å². The number of benzene rings is 1. The molecule has 0 spiro atoms. The van der Waals surface area contributed by atoms with Crippen molar-refractivity contribution in [1.29, 1.82) is 0 Å². The van der Waals surface area contributed by atoms with Crippen LogP contribution in [-0.2, 0) is 0 Å². The first-order chi connectivity index (χ1) is 7.16. The number of alkyl halides is 6. The van der Waals surface area contributed by atoms with Crippen molar-refractivity contribution in [2.45, 2.75) is 17.5 Å². The summed E-state index contributed by atoms with van der Waals surface area (Å²) in [6, 6.07) is 4.44. The second-order valence-electron chi connectivity index (χ2n) is 3.03. The first-order valence-corrected chi connectivity index (χ1v) is 4.82. The minimum Gasteiger partial charge on any atom is -0.194 e. The number of halogens is 7. The fourth-order valence-electron chi connectivity index (χ4n) is 0.985. The number of hydrogen-bond donors (Lipinski definition) is 0. The van der Waals surface area contributed by atoms with E-state index in [-0.39, 0.29) is 10.6 Å². The maximum atomic E-state index is 12.8. The lowest BCUT2D eigenvalue weighted by Gasteiger charge is -2.24. The van der Waals surface area contributed by atoms with Crippen molar-refractivity contribution < 1.29 is 22.0 Å². The Hall–Kier alpha value is -0.550. The molecule has 0 aliphatic carbocycles. The zero-order valence-corrected chi connectivity index (χ0v) is 9.04. The van der Waals surface area contributed by atoms with E-state index >= 15 is 0 Å². The molecular weight excluding hydrogens is 274 g/mol. The van der Waals surface area contributed by atoms with Crippen molar-refractivity contribution in [3.8, 4) is 0 Å². The van der Waals surface area contributed by atoms with Gasteiger partial charge in [-0.1, -0.05) is 23.7 Å². The topological polar surface area (TPSA) is 0 Å². The van der Waals surface area contributed by atoms with Crippen LogP contribution in [0.2, 0.25) is 5.02 Å². The number of hydrogen-bond acceptors (Lipinski definition) is 0. The van der Waals surface area contributed by atoms with Crippen LogP contribution >= 0.6 is 23.2 Å². The van der Waals surface area contributed by atoms with Crippen LogP contribution < -0.4 is 0 Å². The summed E-state index contributed by atoms with van der Waals surface area (Å²) in [5, 5.41) is -2.24. The molecule has 1 atom stereocenters. The van der Waals surface area contributed by atoms with Gasteiger partial charge in [-0.15, -0.1) is 11.6 Å². The molecule has 1 aromatic carbocycles. The van der Waals surface area contributed by atoms with Crippen molar-refractivity contribution in [1.82, 2.24) is 0 Å². The van der Waals surface area contributed by atoms with E-state index in [0.717, 1.165) is 12.1 Å². The standard InChI is InChI=1S/C9H5Cl2F5/c10-6-3-1-5(2-4-6)7(11)8(12,13)9(14,15)16/h1-4,7H. The molecule has 0 radical (unpaired) electrons. The van der Waals surface area contributed by atoms with Gasteiger partial charge in [0.05, 0.1) is 0 Å². The second-order valence-corrected chi connectivity index (χ2v) is 3.91. The highest BCUT2D eigenvalue weighted by Gasteiger charge is 2.62. The minimum atomic E-state index is -5.68. The highest BCUT2D eigenvalue weighted by atomic mass is 35.5. The molecule has 0 bridgehead atoms. The zero-order chi connectivity index (χ0) is 12.6. The van der Waals surface area contributed by atoms with E-state index in [1.807, 2.05) is 0 Å². The Labute approximate surface area is 98.0 Å². The molecular formula is C9H5Cl2F5. The summed E-state index contributed by atoms with van der Waals surface area (Å²) in [6.07, 6.45) is -5.68. The molecule has 0 fully saturated rings. The Morgan fingerprint density at radius 1 is 0.938 bits per heavy atom. The maximum Gasteiger partial charge on any atom is 0.455 e. The summed E-state index contributed by atoms with van der Waals surface area (Å²) in [4.78, 5) is 0. The molecule has 0 saturated heterocycles. The quantitative estimate of drug-likeness (QED) is 0.538. The third-order valence-electron chi connectivity index (χ3n) is 1.86. The van der Waals surface area contributed by atoms with E-state index in [1.54, 1.807) is 0 Å². The monoisotopic (exact) mass is 278 g/mol. The average molecular weight is 279 g/mol. The van der Waals surface area contributed by atoms with Crippen LogP contribution in [0.25, 0.3) is 0 Å². The van der Waals surface area contributed by atoms with Crippen LogP contribution in [0.4, 0.5) is 22.0 Å². The van der Waals surface area contributed by atoms with Crippen LogP contribution in [0, 0.1) is 0 Å². The normalized spacial score (nSPS) is 14.9. The molecule has 0 aliphatic rings. The Morgan fingerprint density at radius 2 is 1.38 bits per heavy atom. The van der Waals surface area contributed by atoms with Crippen LogP contribution in [0.5, 0.6) is 0 Å². The lowest BCUT2D eigenvalue weighted by molar-refractivity contribution is -0.283. The van der Waals surface area contributed by atoms with Crippen LogP contribution in [0.1, 0.15) is 10.9 Å². The summed E-state index contributed by atoms with van der Waals surface area (Å²) in [6.45, 7) is 0. The van der Waals surface area contributed by atoms with Crippen molar-refractivity contribution >= 4 is 23.2 Å². The van der Waals surface area contributed by atoms with Crippen molar-refractivity contribution in [2.75, 3.05) is 0 Å². The Bertz CT molecular complexity index is 357. The smallest absolute Gasteiger partial charge is 0.194 e. The molecule has 90 valence electrons. The van der Waals surface area contributed by atoms with Gasteiger partial charge in [0.2, 0.25) is 0 Å². The lowest BCUT2D eigenvalue weighted by atomic mass is 10.1. The zero-order valence-electron chi connectivity index (χ0n) is 7.53. The van der Waals surface area contributed by atoms with E-state index in [0.29, 0.717) is 0 Å². The third-order valence-corrected chi connectivity index (χ3v) is 2.64. The van der Waals surface area contributed by atoms with Gasteiger partial charge in [-0.25, -0.2) is 0 Å². The molecule has 0 amide bonds. The first kappa shape index (κ1) is 13.5. The molecule has 16 heavy (non-hydrogen) atoms. The van der Waals surface area contributed by atoms with Gasteiger partial charge in [0.1, 0.15) is 5.38 Å². The third kappa shape index (κ3) is 2.58. The van der Waals surface area contributed by atoms with Crippen molar-refractivity contribution in [3.05, 3.63) is 34.9 Å². The van der Waals surface area contributed by atoms with Crippen LogP contribution in [0.15, 0.2) is 24.3 Å². The van der Waals surface area contributed by atoms with E-state index in [2.05, 4.69) is 0 Å². The molecule has 1 aromatic rings. The number of rotatable bonds is 2.